The highest BCUT2D eigenvalue weighted by atomic mass is 32.2. The van der Waals surface area contributed by atoms with Crippen LogP contribution in [0.3, 0.4) is 0 Å². The van der Waals surface area contributed by atoms with Crippen LogP contribution in [0, 0.1) is 11.7 Å². The summed E-state index contributed by atoms with van der Waals surface area (Å²) in [5.74, 6) is -0.131. The largest absolute Gasteiger partial charge is 0.349 e. The molecule has 8 heteroatoms. The molecule has 1 fully saturated rings. The van der Waals surface area contributed by atoms with E-state index in [2.05, 4.69) is 19.2 Å². The van der Waals surface area contributed by atoms with E-state index in [0.29, 0.717) is 25.6 Å². The lowest BCUT2D eigenvalue weighted by Crippen LogP contribution is -3.15. The average molecular weight is 401 g/mol. The maximum absolute atomic E-state index is 13.9. The molecule has 1 amide bonds. The van der Waals surface area contributed by atoms with Gasteiger partial charge in [-0.2, -0.15) is 4.31 Å². The van der Waals surface area contributed by atoms with Crippen molar-refractivity contribution in [2.75, 3.05) is 32.7 Å². The number of carbonyl (C=O) groups is 1. The molecule has 2 rings (SSSR count). The van der Waals surface area contributed by atoms with E-state index in [-0.39, 0.29) is 29.9 Å². The number of halogens is 1. The Bertz CT molecular complexity index is 731. The van der Waals surface area contributed by atoms with Crippen LogP contribution in [0.15, 0.2) is 29.2 Å². The Kier molecular flexibility index (Phi) is 7.76. The lowest BCUT2D eigenvalue weighted by molar-refractivity contribution is -0.895. The summed E-state index contributed by atoms with van der Waals surface area (Å²) >= 11 is 0. The van der Waals surface area contributed by atoms with Gasteiger partial charge in [-0.3, -0.25) is 4.79 Å². The fraction of sp³-hybridized carbons (Fsp3) is 0.632. The van der Waals surface area contributed by atoms with E-state index in [1.165, 1.54) is 22.5 Å². The summed E-state index contributed by atoms with van der Waals surface area (Å²) < 4.78 is 40.4. The number of quaternary nitrogens is 1. The Balaban J connectivity index is 1.83. The van der Waals surface area contributed by atoms with Crippen LogP contribution in [0.5, 0.6) is 0 Å². The highest BCUT2D eigenvalue weighted by Crippen LogP contribution is 2.18. The minimum absolute atomic E-state index is 0.00772. The number of nitrogens with zero attached hydrogens (tertiary/aromatic N) is 1. The molecule has 1 heterocycles. The standard InChI is InChI=1S/C19H30FN3O3S/c1-15(2)8-9-16(3)21-19(24)14-22-10-12-23(13-11-22)27(25,26)18-7-5-4-6-17(18)20/h4-7,15-16H,8-14H2,1-3H3,(H,21,24)/p+1/t16-/m1/s1. The van der Waals surface area contributed by atoms with Crippen LogP contribution in [0.2, 0.25) is 0 Å². The van der Waals surface area contributed by atoms with Crippen molar-refractivity contribution in [3.63, 3.8) is 0 Å². The molecule has 1 aromatic rings. The van der Waals surface area contributed by atoms with E-state index in [1.54, 1.807) is 0 Å². The van der Waals surface area contributed by atoms with Crippen molar-refractivity contribution in [3.8, 4) is 0 Å². The van der Waals surface area contributed by atoms with Crippen LogP contribution in [0.1, 0.15) is 33.6 Å². The molecule has 1 aromatic carbocycles. The molecule has 0 aromatic heterocycles. The number of hydrogen-bond acceptors (Lipinski definition) is 3. The molecule has 0 spiro atoms. The van der Waals surface area contributed by atoms with Gasteiger partial charge in [0.15, 0.2) is 6.54 Å². The predicted octanol–water partition coefficient (Wildman–Crippen LogP) is 0.656. The van der Waals surface area contributed by atoms with Crippen molar-refractivity contribution in [1.29, 1.82) is 0 Å². The van der Waals surface area contributed by atoms with Crippen molar-refractivity contribution in [2.45, 2.75) is 44.6 Å². The molecule has 6 nitrogen and oxygen atoms in total. The van der Waals surface area contributed by atoms with Gasteiger partial charge in [-0.15, -0.1) is 0 Å². The Morgan fingerprint density at radius 3 is 2.41 bits per heavy atom. The van der Waals surface area contributed by atoms with Gasteiger partial charge in [-0.1, -0.05) is 26.0 Å². The van der Waals surface area contributed by atoms with Gasteiger partial charge in [0.1, 0.15) is 10.7 Å². The first kappa shape index (κ1) is 21.8. The number of carbonyl (C=O) groups excluding carboxylic acids is 1. The summed E-state index contributed by atoms with van der Waals surface area (Å²) in [7, 11) is -3.83. The summed E-state index contributed by atoms with van der Waals surface area (Å²) in [5.41, 5.74) is 0. The van der Waals surface area contributed by atoms with Gasteiger partial charge in [0, 0.05) is 6.04 Å². The van der Waals surface area contributed by atoms with Crippen LogP contribution < -0.4 is 10.2 Å². The second kappa shape index (κ2) is 9.61. The summed E-state index contributed by atoms with van der Waals surface area (Å²) in [4.78, 5) is 13.0. The zero-order valence-corrected chi connectivity index (χ0v) is 17.2. The van der Waals surface area contributed by atoms with Crippen molar-refractivity contribution in [1.82, 2.24) is 9.62 Å². The van der Waals surface area contributed by atoms with Crippen molar-refractivity contribution < 1.29 is 22.5 Å². The Morgan fingerprint density at radius 1 is 1.19 bits per heavy atom. The Morgan fingerprint density at radius 2 is 1.81 bits per heavy atom. The minimum atomic E-state index is -3.83. The number of benzene rings is 1. The van der Waals surface area contributed by atoms with E-state index in [1.807, 2.05) is 6.92 Å². The van der Waals surface area contributed by atoms with E-state index in [0.717, 1.165) is 23.8 Å². The fourth-order valence-corrected chi connectivity index (χ4v) is 4.73. The Labute approximate surface area is 161 Å². The first-order valence-electron chi connectivity index (χ1n) is 9.57. The van der Waals surface area contributed by atoms with Gasteiger partial charge in [0.2, 0.25) is 10.0 Å². The van der Waals surface area contributed by atoms with Crippen LogP contribution in [0.25, 0.3) is 0 Å². The molecule has 1 aliphatic rings. The van der Waals surface area contributed by atoms with Crippen LogP contribution in [0.4, 0.5) is 4.39 Å². The third-order valence-corrected chi connectivity index (χ3v) is 6.81. The quantitative estimate of drug-likeness (QED) is 0.673. The second-order valence-electron chi connectivity index (χ2n) is 7.70. The third kappa shape index (κ3) is 6.26. The van der Waals surface area contributed by atoms with Crippen LogP contribution >= 0.6 is 0 Å². The van der Waals surface area contributed by atoms with Gasteiger partial charge in [0.25, 0.3) is 5.91 Å². The number of sulfonamides is 1. The summed E-state index contributed by atoms with van der Waals surface area (Å²) in [6.07, 6.45) is 2.02. The van der Waals surface area contributed by atoms with E-state index in [4.69, 9.17) is 0 Å². The number of rotatable bonds is 8. The molecule has 27 heavy (non-hydrogen) atoms. The topological polar surface area (TPSA) is 70.9 Å². The van der Waals surface area contributed by atoms with Crippen molar-refractivity contribution in [3.05, 3.63) is 30.1 Å². The zero-order valence-electron chi connectivity index (χ0n) is 16.4. The Hall–Kier alpha value is -1.51. The monoisotopic (exact) mass is 400 g/mol. The summed E-state index contributed by atoms with van der Waals surface area (Å²) in [6, 6.07) is 5.57. The summed E-state index contributed by atoms with van der Waals surface area (Å²) in [6.45, 7) is 8.28. The highest BCUT2D eigenvalue weighted by Gasteiger charge is 2.32. The fourth-order valence-electron chi connectivity index (χ4n) is 3.22. The van der Waals surface area contributed by atoms with Gasteiger partial charge >= 0.3 is 0 Å². The first-order valence-corrected chi connectivity index (χ1v) is 11.0. The molecule has 0 bridgehead atoms. The predicted molar refractivity (Wildman–Crippen MR) is 102 cm³/mol. The smallest absolute Gasteiger partial charge is 0.275 e. The third-order valence-electron chi connectivity index (χ3n) is 4.88. The molecule has 1 atom stereocenters. The molecule has 1 aliphatic heterocycles. The van der Waals surface area contributed by atoms with Gasteiger partial charge < -0.3 is 10.2 Å². The van der Waals surface area contributed by atoms with Gasteiger partial charge in [-0.25, -0.2) is 12.8 Å². The molecule has 0 radical (unpaired) electrons. The molecule has 152 valence electrons. The van der Waals surface area contributed by atoms with Gasteiger partial charge in [0.05, 0.1) is 26.2 Å². The second-order valence-corrected chi connectivity index (χ2v) is 9.61. The number of piperazine rings is 1. The first-order chi connectivity index (χ1) is 12.7. The number of amides is 1. The lowest BCUT2D eigenvalue weighted by Gasteiger charge is -2.31. The molecule has 1 saturated heterocycles. The highest BCUT2D eigenvalue weighted by molar-refractivity contribution is 7.89. The maximum atomic E-state index is 13.9. The molecular weight excluding hydrogens is 369 g/mol. The minimum Gasteiger partial charge on any atom is -0.349 e. The lowest BCUT2D eigenvalue weighted by atomic mass is 10.0. The van der Waals surface area contributed by atoms with Gasteiger partial charge in [-0.05, 0) is 37.8 Å². The van der Waals surface area contributed by atoms with Crippen LogP contribution in [-0.4, -0.2) is 57.4 Å². The number of nitrogens with one attached hydrogen (secondary N) is 2. The van der Waals surface area contributed by atoms with Crippen LogP contribution in [-0.2, 0) is 14.8 Å². The van der Waals surface area contributed by atoms with Crippen molar-refractivity contribution >= 4 is 15.9 Å². The molecule has 0 saturated carbocycles. The summed E-state index contributed by atoms with van der Waals surface area (Å²) in [5, 5.41) is 3.02. The number of hydrogen-bond donors (Lipinski definition) is 2. The normalized spacial score (nSPS) is 17.8. The van der Waals surface area contributed by atoms with E-state index < -0.39 is 15.8 Å². The molecule has 0 unspecified atom stereocenters. The molecule has 0 aliphatic carbocycles. The van der Waals surface area contributed by atoms with Crippen molar-refractivity contribution in [2.24, 2.45) is 5.92 Å². The zero-order chi connectivity index (χ0) is 20.0. The van der Waals surface area contributed by atoms with E-state index >= 15 is 0 Å². The SMILES string of the molecule is CC(C)CC[C@@H](C)NC(=O)C[NH+]1CCN(S(=O)(=O)c2ccccc2F)CC1. The van der Waals surface area contributed by atoms with E-state index in [9.17, 15) is 17.6 Å². The molecule has 2 N–H and O–H groups in total. The maximum Gasteiger partial charge on any atom is 0.275 e. The average Bonchev–Trinajstić information content (AvgIpc) is 2.60. The molecular formula is C19H31FN3O3S+.